The maximum atomic E-state index is 11.9. The molecule has 0 fully saturated rings. The molecule has 7 nitrogen and oxygen atoms in total. The summed E-state index contributed by atoms with van der Waals surface area (Å²) in [6.45, 7) is 5.94. The Morgan fingerprint density at radius 2 is 2.00 bits per heavy atom. The number of hydrogen-bond donors (Lipinski definition) is 1. The molecule has 7 heteroatoms. The molecule has 0 aliphatic carbocycles. The summed E-state index contributed by atoms with van der Waals surface area (Å²) in [7, 11) is 0. The minimum atomic E-state index is -0.482. The summed E-state index contributed by atoms with van der Waals surface area (Å²) >= 11 is 0. The molecule has 0 saturated carbocycles. The highest BCUT2D eigenvalue weighted by atomic mass is 16.1. The van der Waals surface area contributed by atoms with Crippen molar-refractivity contribution >= 4 is 11.9 Å². The van der Waals surface area contributed by atoms with Crippen LogP contribution in [0.3, 0.4) is 0 Å². The Kier molecular flexibility index (Phi) is 4.65. The van der Waals surface area contributed by atoms with E-state index in [0.29, 0.717) is 23.6 Å². The number of aryl methyl sites for hydroxylation is 1. The van der Waals surface area contributed by atoms with Crippen molar-refractivity contribution in [1.29, 1.82) is 0 Å². The van der Waals surface area contributed by atoms with Gasteiger partial charge in [-0.2, -0.15) is 5.10 Å². The molecule has 0 radical (unpaired) electrons. The Hall–Kier alpha value is -3.31. The molecule has 0 unspecified atom stereocenters. The molecule has 0 aliphatic rings. The number of carbonyl (C=O) groups excluding carboxylic acids is 1. The summed E-state index contributed by atoms with van der Waals surface area (Å²) in [5.74, 6) is 0.391. The predicted octanol–water partition coefficient (Wildman–Crippen LogP) is 2.75. The van der Waals surface area contributed by atoms with Crippen LogP contribution in [0.1, 0.15) is 30.8 Å². The smallest absolute Gasteiger partial charge is 0.269 e. The molecule has 0 amide bonds. The van der Waals surface area contributed by atoms with Crippen LogP contribution in [0.25, 0.3) is 5.69 Å². The van der Waals surface area contributed by atoms with E-state index in [2.05, 4.69) is 20.1 Å². The first-order valence-corrected chi connectivity index (χ1v) is 8.19. The Labute approximate surface area is 150 Å². The number of benzene rings is 1. The SMILES string of the molecule is Cc1ccc(-n2nc(C(C)(C)Cc3ncc[nH]c3=O)cc2N=C=O)cc1. The molecule has 0 aliphatic heterocycles. The normalized spacial score (nSPS) is 11.2. The Bertz CT molecular complexity index is 1020. The Morgan fingerprint density at radius 3 is 2.65 bits per heavy atom. The van der Waals surface area contributed by atoms with Gasteiger partial charge in [0.25, 0.3) is 5.56 Å². The molecule has 3 aromatic rings. The van der Waals surface area contributed by atoms with Crippen molar-refractivity contribution in [2.75, 3.05) is 0 Å². The molecule has 26 heavy (non-hydrogen) atoms. The summed E-state index contributed by atoms with van der Waals surface area (Å²) in [6.07, 6.45) is 5.03. The van der Waals surface area contributed by atoms with Crippen molar-refractivity contribution < 1.29 is 4.79 Å². The number of rotatable bonds is 5. The molecule has 132 valence electrons. The van der Waals surface area contributed by atoms with Gasteiger partial charge in [-0.3, -0.25) is 9.78 Å². The van der Waals surface area contributed by atoms with Crippen LogP contribution < -0.4 is 5.56 Å². The first-order valence-electron chi connectivity index (χ1n) is 8.19. The van der Waals surface area contributed by atoms with E-state index in [9.17, 15) is 9.59 Å². The molecule has 3 rings (SSSR count). The second-order valence-corrected chi connectivity index (χ2v) is 6.76. The minimum absolute atomic E-state index is 0.218. The summed E-state index contributed by atoms with van der Waals surface area (Å²) < 4.78 is 1.60. The lowest BCUT2D eigenvalue weighted by Crippen LogP contribution is -2.27. The van der Waals surface area contributed by atoms with E-state index >= 15 is 0 Å². The lowest BCUT2D eigenvalue weighted by molar-refractivity contribution is 0.491. The molecule has 0 saturated heterocycles. The fourth-order valence-corrected chi connectivity index (χ4v) is 2.72. The minimum Gasteiger partial charge on any atom is -0.326 e. The number of nitrogens with zero attached hydrogens (tertiary/aromatic N) is 4. The zero-order valence-corrected chi connectivity index (χ0v) is 14.9. The van der Waals surface area contributed by atoms with E-state index in [1.165, 1.54) is 6.20 Å². The van der Waals surface area contributed by atoms with Gasteiger partial charge in [0.05, 0.1) is 11.4 Å². The molecule has 1 N–H and O–H groups in total. The zero-order valence-electron chi connectivity index (χ0n) is 14.9. The van der Waals surface area contributed by atoms with Gasteiger partial charge in [-0.25, -0.2) is 9.48 Å². The van der Waals surface area contributed by atoms with Crippen LogP contribution in [0.15, 0.2) is 52.5 Å². The average Bonchev–Trinajstić information content (AvgIpc) is 3.03. The molecule has 2 aromatic heterocycles. The van der Waals surface area contributed by atoms with Crippen LogP contribution >= 0.6 is 0 Å². The number of nitrogens with one attached hydrogen (secondary N) is 1. The summed E-state index contributed by atoms with van der Waals surface area (Å²) in [5, 5.41) is 4.63. The monoisotopic (exact) mass is 349 g/mol. The first-order chi connectivity index (χ1) is 12.4. The van der Waals surface area contributed by atoms with Gasteiger partial charge in [0.1, 0.15) is 5.69 Å². The highest BCUT2D eigenvalue weighted by molar-refractivity contribution is 5.50. The topological polar surface area (TPSA) is 93.0 Å². The maximum Gasteiger partial charge on any atom is 0.269 e. The van der Waals surface area contributed by atoms with Crippen molar-refractivity contribution in [2.45, 2.75) is 32.6 Å². The van der Waals surface area contributed by atoms with Crippen LogP contribution in [0.5, 0.6) is 0 Å². The Balaban J connectivity index is 2.03. The van der Waals surface area contributed by atoms with E-state index < -0.39 is 5.41 Å². The van der Waals surface area contributed by atoms with Crippen molar-refractivity contribution in [1.82, 2.24) is 19.7 Å². The fourth-order valence-electron chi connectivity index (χ4n) is 2.72. The van der Waals surface area contributed by atoms with E-state index in [0.717, 1.165) is 11.3 Å². The highest BCUT2D eigenvalue weighted by Gasteiger charge is 2.27. The van der Waals surface area contributed by atoms with Gasteiger partial charge >= 0.3 is 0 Å². The third-order valence-corrected chi connectivity index (χ3v) is 4.21. The third-order valence-electron chi connectivity index (χ3n) is 4.21. The number of aliphatic imine (C=N–C) groups is 1. The maximum absolute atomic E-state index is 11.9. The van der Waals surface area contributed by atoms with Crippen LogP contribution in [-0.2, 0) is 16.6 Å². The van der Waals surface area contributed by atoms with Gasteiger partial charge in [0, 0.05) is 30.3 Å². The van der Waals surface area contributed by atoms with E-state index in [-0.39, 0.29) is 5.56 Å². The van der Waals surface area contributed by atoms with Gasteiger partial charge in [0.15, 0.2) is 5.82 Å². The van der Waals surface area contributed by atoms with Gasteiger partial charge in [-0.15, -0.1) is 4.99 Å². The van der Waals surface area contributed by atoms with Crippen LogP contribution in [0, 0.1) is 6.92 Å². The fraction of sp³-hybridized carbons (Fsp3) is 0.263. The number of hydrogen-bond acceptors (Lipinski definition) is 5. The molecular formula is C19H19N5O2. The molecule has 0 bridgehead atoms. The molecule has 0 atom stereocenters. The molecule has 0 spiro atoms. The molecule has 1 aromatic carbocycles. The van der Waals surface area contributed by atoms with E-state index in [1.54, 1.807) is 23.0 Å². The van der Waals surface area contributed by atoms with Gasteiger partial charge in [-0.05, 0) is 19.1 Å². The average molecular weight is 349 g/mol. The van der Waals surface area contributed by atoms with Crippen LogP contribution in [0.2, 0.25) is 0 Å². The molecule has 2 heterocycles. The second-order valence-electron chi connectivity index (χ2n) is 6.76. The number of aromatic amines is 1. The van der Waals surface area contributed by atoms with Crippen LogP contribution in [0.4, 0.5) is 5.82 Å². The van der Waals surface area contributed by atoms with Crippen molar-refractivity contribution in [3.05, 3.63) is 70.0 Å². The van der Waals surface area contributed by atoms with Crippen molar-refractivity contribution in [2.24, 2.45) is 4.99 Å². The van der Waals surface area contributed by atoms with Gasteiger partial charge in [-0.1, -0.05) is 31.5 Å². The van der Waals surface area contributed by atoms with Gasteiger partial charge < -0.3 is 4.98 Å². The largest absolute Gasteiger partial charge is 0.326 e. The van der Waals surface area contributed by atoms with Crippen molar-refractivity contribution in [3.8, 4) is 5.69 Å². The lowest BCUT2D eigenvalue weighted by Gasteiger charge is -2.21. The third kappa shape index (κ3) is 3.53. The number of H-pyrrole nitrogens is 1. The van der Waals surface area contributed by atoms with Gasteiger partial charge in [0.2, 0.25) is 6.08 Å². The number of aromatic nitrogens is 4. The summed E-state index contributed by atoms with van der Waals surface area (Å²) in [4.78, 5) is 33.3. The highest BCUT2D eigenvalue weighted by Crippen LogP contribution is 2.30. The van der Waals surface area contributed by atoms with Crippen molar-refractivity contribution in [3.63, 3.8) is 0 Å². The van der Waals surface area contributed by atoms with E-state index in [1.807, 2.05) is 45.0 Å². The zero-order chi connectivity index (χ0) is 18.7. The first kappa shape index (κ1) is 17.5. The molecular weight excluding hydrogens is 330 g/mol. The number of isocyanates is 1. The predicted molar refractivity (Wildman–Crippen MR) is 97.7 cm³/mol. The lowest BCUT2D eigenvalue weighted by atomic mass is 9.84. The summed E-state index contributed by atoms with van der Waals surface area (Å²) in [5.41, 5.74) is 2.35. The quantitative estimate of drug-likeness (QED) is 0.566. The van der Waals surface area contributed by atoms with E-state index in [4.69, 9.17) is 0 Å². The summed E-state index contributed by atoms with van der Waals surface area (Å²) in [6, 6.07) is 9.48. The second kappa shape index (κ2) is 6.90. The standard InChI is InChI=1S/C19H19N5O2/c1-13-4-6-14(7-5-13)24-17(22-12-25)10-16(23-24)19(2,3)11-15-18(26)21-9-8-20-15/h4-10H,11H2,1-3H3,(H,21,26). The van der Waals surface area contributed by atoms with Crippen LogP contribution in [-0.4, -0.2) is 25.8 Å². The Morgan fingerprint density at radius 1 is 1.27 bits per heavy atom.